The van der Waals surface area contributed by atoms with Gasteiger partial charge in [0.1, 0.15) is 5.54 Å². The Bertz CT molecular complexity index is 1740. The molecule has 2 saturated heterocycles. The van der Waals surface area contributed by atoms with Crippen molar-refractivity contribution in [2.75, 3.05) is 32.7 Å². The molecule has 4 heterocycles. The number of ketones is 1. The van der Waals surface area contributed by atoms with Gasteiger partial charge in [0.25, 0.3) is 11.8 Å². The molecule has 0 aromatic heterocycles. The number of likely N-dealkylation sites (tertiary alicyclic amines) is 1. The molecule has 0 spiro atoms. The van der Waals surface area contributed by atoms with Gasteiger partial charge in [0.2, 0.25) is 21.8 Å². The van der Waals surface area contributed by atoms with E-state index in [0.717, 1.165) is 43.4 Å². The van der Waals surface area contributed by atoms with Crippen molar-refractivity contribution in [2.24, 2.45) is 17.8 Å². The quantitative estimate of drug-likeness (QED) is 0.344. The second kappa shape index (κ2) is 14.5. The van der Waals surface area contributed by atoms with E-state index in [1.807, 2.05) is 17.1 Å². The van der Waals surface area contributed by atoms with Gasteiger partial charge in [0.15, 0.2) is 5.78 Å². The molecular formula is C37H49F2N5O8S. The highest BCUT2D eigenvalue weighted by Gasteiger charge is 2.62. The molecule has 2 unspecified atom stereocenters. The van der Waals surface area contributed by atoms with Crippen molar-refractivity contribution >= 4 is 39.6 Å². The number of hydrogen-bond donors (Lipinski definition) is 3. The average Bonchev–Trinajstić information content (AvgIpc) is 4.00. The number of alkyl halides is 2. The van der Waals surface area contributed by atoms with Crippen LogP contribution in [0, 0.1) is 17.8 Å². The third-order valence-corrected chi connectivity index (χ3v) is 14.1. The van der Waals surface area contributed by atoms with Crippen LogP contribution in [0.1, 0.15) is 83.5 Å². The number of halogens is 2. The SMILES string of the molecule is O=C1C2=C(C=C[C@H]1CC(=O)N1CCC(F)(F)C1)C([C@@H]1C[C@H]3C(=O)N[C@]4(C(=O)NS(=O)(=O)C5CC5)CC4/C=C\CCCCCCCN3C1)N(C(=O)O)CC2. The summed E-state index contributed by atoms with van der Waals surface area (Å²) >= 11 is 0. The Morgan fingerprint density at radius 2 is 1.77 bits per heavy atom. The van der Waals surface area contributed by atoms with Crippen LogP contribution in [0.15, 0.2) is 35.5 Å². The summed E-state index contributed by atoms with van der Waals surface area (Å²) in [6.07, 6.45) is 12.5. The molecule has 0 aromatic rings. The molecule has 0 radical (unpaired) electrons. The maximum absolute atomic E-state index is 14.3. The zero-order chi connectivity index (χ0) is 37.7. The van der Waals surface area contributed by atoms with Crippen molar-refractivity contribution < 1.29 is 46.3 Å². The van der Waals surface area contributed by atoms with Gasteiger partial charge in [-0.15, -0.1) is 0 Å². The van der Waals surface area contributed by atoms with Crippen molar-refractivity contribution in [3.8, 4) is 0 Å². The van der Waals surface area contributed by atoms with Gasteiger partial charge in [-0.25, -0.2) is 22.0 Å². The first kappa shape index (κ1) is 37.6. The van der Waals surface area contributed by atoms with E-state index < -0.39 is 87.4 Å². The first-order valence-corrected chi connectivity index (χ1v) is 20.6. The molecule has 6 atom stereocenters. The lowest BCUT2D eigenvalue weighted by molar-refractivity contribution is -0.134. The monoisotopic (exact) mass is 761 g/mol. The molecule has 7 aliphatic rings. The van der Waals surface area contributed by atoms with Crippen molar-refractivity contribution in [2.45, 2.75) is 112 Å². The molecule has 0 bridgehead atoms. The van der Waals surface area contributed by atoms with E-state index in [4.69, 9.17) is 0 Å². The van der Waals surface area contributed by atoms with Gasteiger partial charge in [-0.2, -0.15) is 0 Å². The Morgan fingerprint density at radius 1 is 1.02 bits per heavy atom. The summed E-state index contributed by atoms with van der Waals surface area (Å²) < 4.78 is 55.3. The van der Waals surface area contributed by atoms with Crippen LogP contribution in [0.4, 0.5) is 13.6 Å². The Hall–Kier alpha value is -3.66. The number of rotatable bonds is 6. The third kappa shape index (κ3) is 7.80. The Kier molecular flexibility index (Phi) is 10.3. The highest BCUT2D eigenvalue weighted by atomic mass is 32.2. The average molecular weight is 762 g/mol. The Morgan fingerprint density at radius 3 is 2.49 bits per heavy atom. The lowest BCUT2D eigenvalue weighted by atomic mass is 9.76. The molecule has 3 N–H and O–H groups in total. The molecule has 2 saturated carbocycles. The summed E-state index contributed by atoms with van der Waals surface area (Å²) in [5.74, 6) is -6.57. The molecule has 16 heteroatoms. The molecule has 4 aliphatic heterocycles. The first-order valence-electron chi connectivity index (χ1n) is 19.1. The van der Waals surface area contributed by atoms with Crippen LogP contribution in [-0.4, -0.2) is 119 Å². The van der Waals surface area contributed by atoms with Crippen molar-refractivity contribution in [1.82, 2.24) is 24.7 Å². The lowest BCUT2D eigenvalue weighted by Crippen LogP contribution is -2.56. The summed E-state index contributed by atoms with van der Waals surface area (Å²) in [5.41, 5.74) is -0.460. The van der Waals surface area contributed by atoms with Crippen LogP contribution in [-0.2, 0) is 29.2 Å². The number of amides is 4. The van der Waals surface area contributed by atoms with Gasteiger partial charge >= 0.3 is 6.09 Å². The number of hydrogen-bond acceptors (Lipinski definition) is 8. The van der Waals surface area contributed by atoms with E-state index in [2.05, 4.69) is 10.0 Å². The predicted molar refractivity (Wildman–Crippen MR) is 188 cm³/mol. The number of nitrogens with zero attached hydrogens (tertiary/aromatic N) is 3. The van der Waals surface area contributed by atoms with Gasteiger partial charge in [0, 0.05) is 49.9 Å². The molecule has 0 aromatic carbocycles. The third-order valence-electron chi connectivity index (χ3n) is 12.2. The fraction of sp³-hybridized carbons (Fsp3) is 0.703. The lowest BCUT2D eigenvalue weighted by Gasteiger charge is -2.41. The molecule has 4 amide bonds. The van der Waals surface area contributed by atoms with Crippen LogP contribution < -0.4 is 10.0 Å². The summed E-state index contributed by atoms with van der Waals surface area (Å²) in [6, 6.07) is -1.48. The zero-order valence-corrected chi connectivity index (χ0v) is 30.6. The van der Waals surface area contributed by atoms with E-state index >= 15 is 0 Å². The van der Waals surface area contributed by atoms with Crippen molar-refractivity contribution in [3.63, 3.8) is 0 Å². The fourth-order valence-electron chi connectivity index (χ4n) is 9.03. The van der Waals surface area contributed by atoms with Crippen LogP contribution in [0.5, 0.6) is 0 Å². The molecule has 13 nitrogen and oxygen atoms in total. The fourth-order valence-corrected chi connectivity index (χ4v) is 10.4. The number of carbonyl (C=O) groups excluding carboxylic acids is 4. The summed E-state index contributed by atoms with van der Waals surface area (Å²) in [5, 5.41) is 12.7. The maximum atomic E-state index is 14.3. The first-order chi connectivity index (χ1) is 25.2. The predicted octanol–water partition coefficient (Wildman–Crippen LogP) is 3.13. The maximum Gasteiger partial charge on any atom is 0.407 e. The van der Waals surface area contributed by atoms with Gasteiger partial charge in [-0.05, 0) is 69.4 Å². The van der Waals surface area contributed by atoms with Gasteiger partial charge < -0.3 is 20.2 Å². The Balaban J connectivity index is 1.12. The molecule has 3 aliphatic carbocycles. The van der Waals surface area contributed by atoms with Crippen LogP contribution >= 0.6 is 0 Å². The Labute approximate surface area is 308 Å². The van der Waals surface area contributed by atoms with Gasteiger partial charge in [-0.3, -0.25) is 28.8 Å². The number of carboxylic acid groups (broad SMARTS) is 1. The molecule has 53 heavy (non-hydrogen) atoms. The minimum atomic E-state index is -3.86. The normalized spacial score (nSPS) is 34.3. The largest absolute Gasteiger partial charge is 0.465 e. The second-order valence-electron chi connectivity index (χ2n) is 16.0. The molecular weight excluding hydrogens is 712 g/mol. The number of sulfonamides is 1. The highest BCUT2D eigenvalue weighted by molar-refractivity contribution is 7.91. The van der Waals surface area contributed by atoms with E-state index in [1.54, 1.807) is 12.2 Å². The van der Waals surface area contributed by atoms with E-state index in [1.165, 1.54) is 4.90 Å². The van der Waals surface area contributed by atoms with E-state index in [9.17, 15) is 46.3 Å². The summed E-state index contributed by atoms with van der Waals surface area (Å²) in [6.45, 7) is 0.212. The number of Topliss-reactive ketones (excluding diaryl/α,β-unsaturated/α-hetero) is 1. The van der Waals surface area contributed by atoms with Crippen LogP contribution in [0.2, 0.25) is 0 Å². The zero-order valence-electron chi connectivity index (χ0n) is 29.8. The van der Waals surface area contributed by atoms with Crippen molar-refractivity contribution in [1.29, 1.82) is 0 Å². The van der Waals surface area contributed by atoms with E-state index in [-0.39, 0.29) is 50.5 Å². The van der Waals surface area contributed by atoms with Gasteiger partial charge in [0.05, 0.1) is 23.9 Å². The van der Waals surface area contributed by atoms with E-state index in [0.29, 0.717) is 37.1 Å². The molecule has 4 fully saturated rings. The minimum Gasteiger partial charge on any atom is -0.465 e. The molecule has 7 rings (SSSR count). The molecule has 290 valence electrons. The number of carbonyl (C=O) groups is 5. The van der Waals surface area contributed by atoms with Gasteiger partial charge in [-0.1, -0.05) is 43.6 Å². The standard InChI is InChI=1S/C37H49F2N5O8S/c38-36(39)14-17-43(22-36)30(45)19-23-9-12-27-28(32(23)46)13-16-44(35(49)50)31(27)24-18-29-33(47)40-37(34(48)41-53(51,52)26-10-11-26)20-25(37)8-6-4-2-1-3-5-7-15-42(29)21-24/h6,8-9,12,23-26,29,31H,1-5,7,10-11,13-22H2,(H,40,47)(H,41,48)(H,49,50)/b8-6-/t23-,24+,25?,29-,31?,37+/m0/s1. The van der Waals surface area contributed by atoms with Crippen molar-refractivity contribution in [3.05, 3.63) is 35.5 Å². The topological polar surface area (TPSA) is 174 Å². The number of nitrogens with one attached hydrogen (secondary N) is 2. The summed E-state index contributed by atoms with van der Waals surface area (Å²) in [7, 11) is -3.86. The number of fused-ring (bicyclic) bond motifs is 2. The summed E-state index contributed by atoms with van der Waals surface area (Å²) in [4.78, 5) is 71.7. The number of allylic oxidation sites excluding steroid dienone is 2. The van der Waals surface area contributed by atoms with Crippen LogP contribution in [0.3, 0.4) is 0 Å². The smallest absolute Gasteiger partial charge is 0.407 e. The van der Waals surface area contributed by atoms with Crippen LogP contribution in [0.25, 0.3) is 0 Å². The second-order valence-corrected chi connectivity index (χ2v) is 18.0. The minimum absolute atomic E-state index is 0.0392. The highest BCUT2D eigenvalue weighted by Crippen LogP contribution is 2.47.